The maximum absolute atomic E-state index is 13.2. The van der Waals surface area contributed by atoms with E-state index in [4.69, 9.17) is 27.9 Å². The van der Waals surface area contributed by atoms with Crippen LogP contribution in [0.15, 0.2) is 75.8 Å². The van der Waals surface area contributed by atoms with E-state index in [9.17, 15) is 22.9 Å². The Hall–Kier alpha value is -3.70. The second kappa shape index (κ2) is 11.0. The second-order valence-electron chi connectivity index (χ2n) is 8.14. The highest BCUT2D eigenvalue weighted by Crippen LogP contribution is 2.42. The Kier molecular flexibility index (Phi) is 7.89. The lowest BCUT2D eigenvalue weighted by molar-refractivity contribution is 0.102. The molecule has 0 spiro atoms. The van der Waals surface area contributed by atoms with Gasteiger partial charge in [0, 0.05) is 11.5 Å². The zero-order valence-electron chi connectivity index (χ0n) is 20.1. The molecule has 0 heterocycles. The summed E-state index contributed by atoms with van der Waals surface area (Å²) in [6.45, 7) is 3.88. The average Bonchev–Trinajstić information content (AvgIpc) is 2.85. The van der Waals surface area contributed by atoms with Crippen molar-refractivity contribution in [3.63, 3.8) is 0 Å². The molecule has 196 valence electrons. The van der Waals surface area contributed by atoms with Crippen molar-refractivity contribution in [2.45, 2.75) is 18.7 Å². The summed E-state index contributed by atoms with van der Waals surface area (Å²) in [6, 6.07) is 15.7. The van der Waals surface area contributed by atoms with Crippen LogP contribution >= 0.6 is 23.2 Å². The van der Waals surface area contributed by atoms with Crippen LogP contribution in [0.2, 0.25) is 10.0 Å². The molecule has 4 aromatic carbocycles. The van der Waals surface area contributed by atoms with Gasteiger partial charge in [-0.05, 0) is 55.1 Å². The molecular formula is C26H21Cl2N3O6S. The number of hydrogen-bond acceptors (Lipinski definition) is 7. The summed E-state index contributed by atoms with van der Waals surface area (Å²) in [7, 11) is -4.69. The summed E-state index contributed by atoms with van der Waals surface area (Å²) in [5, 5.41) is 22.9. The van der Waals surface area contributed by atoms with Gasteiger partial charge in [-0.3, -0.25) is 9.35 Å². The summed E-state index contributed by atoms with van der Waals surface area (Å²) < 4.78 is 38.9. The van der Waals surface area contributed by atoms with Gasteiger partial charge in [0.2, 0.25) is 0 Å². The van der Waals surface area contributed by atoms with Gasteiger partial charge < -0.3 is 15.2 Å². The Morgan fingerprint density at radius 3 is 2.39 bits per heavy atom. The predicted octanol–water partition coefficient (Wildman–Crippen LogP) is 7.47. The van der Waals surface area contributed by atoms with Crippen molar-refractivity contribution in [1.29, 1.82) is 0 Å². The normalized spacial score (nSPS) is 11.7. The molecule has 0 aromatic heterocycles. The van der Waals surface area contributed by atoms with Crippen LogP contribution in [0.5, 0.6) is 11.5 Å². The van der Waals surface area contributed by atoms with Crippen molar-refractivity contribution in [3.8, 4) is 11.5 Å². The smallest absolute Gasteiger partial charge is 0.296 e. The lowest BCUT2D eigenvalue weighted by Gasteiger charge is -2.13. The van der Waals surface area contributed by atoms with Crippen molar-refractivity contribution in [2.75, 3.05) is 11.9 Å². The van der Waals surface area contributed by atoms with E-state index in [1.165, 1.54) is 18.2 Å². The van der Waals surface area contributed by atoms with Crippen LogP contribution in [-0.2, 0) is 10.1 Å². The van der Waals surface area contributed by atoms with Crippen LogP contribution in [-0.4, -0.2) is 30.6 Å². The zero-order valence-corrected chi connectivity index (χ0v) is 22.4. The lowest BCUT2D eigenvalue weighted by Crippen LogP contribution is -2.12. The monoisotopic (exact) mass is 573 g/mol. The molecule has 38 heavy (non-hydrogen) atoms. The summed E-state index contributed by atoms with van der Waals surface area (Å²) in [4.78, 5) is 12.6. The molecule has 0 radical (unpaired) electrons. The number of anilines is 1. The molecule has 1 amide bonds. The highest BCUT2D eigenvalue weighted by Gasteiger charge is 2.22. The molecule has 0 saturated heterocycles. The third-order valence-electron chi connectivity index (χ3n) is 5.44. The van der Waals surface area contributed by atoms with Gasteiger partial charge in [-0.25, -0.2) is 0 Å². The standard InChI is InChI=1S/C26H21Cl2N3O6S/c1-3-37-16-8-9-21(19(27)13-16)29-26(33)18-12-15-6-4-5-7-17(15)23(25(18)32)30-31-24-20(28)10-14(2)11-22(24)38(34,35)36/h4-13,32H,3H2,1-2H3,(H,29,33)(H,34,35,36). The number of rotatable bonds is 7. The van der Waals surface area contributed by atoms with E-state index in [0.29, 0.717) is 34.4 Å². The molecule has 0 aliphatic rings. The summed E-state index contributed by atoms with van der Waals surface area (Å²) >= 11 is 12.5. The van der Waals surface area contributed by atoms with Crippen LogP contribution in [0.25, 0.3) is 10.8 Å². The SMILES string of the molecule is CCOc1ccc(NC(=O)c2cc3ccccc3c(N=Nc3c(Cl)cc(C)cc3S(=O)(=O)O)c2O)c(Cl)c1. The number of carbonyl (C=O) groups is 1. The van der Waals surface area contributed by atoms with Crippen molar-refractivity contribution in [2.24, 2.45) is 10.2 Å². The molecule has 4 rings (SSSR count). The minimum atomic E-state index is -4.69. The van der Waals surface area contributed by atoms with Gasteiger partial charge in [-0.15, -0.1) is 10.2 Å². The third-order valence-corrected chi connectivity index (χ3v) is 6.91. The number of hydrogen-bond donors (Lipinski definition) is 3. The van der Waals surface area contributed by atoms with Gasteiger partial charge in [0.1, 0.15) is 22.0 Å². The van der Waals surface area contributed by atoms with E-state index in [-0.39, 0.29) is 27.0 Å². The van der Waals surface area contributed by atoms with Gasteiger partial charge in [0.15, 0.2) is 5.75 Å². The van der Waals surface area contributed by atoms with E-state index in [1.54, 1.807) is 49.4 Å². The Balaban J connectivity index is 1.80. The van der Waals surface area contributed by atoms with Crippen LogP contribution in [0, 0.1) is 6.92 Å². The first-order valence-corrected chi connectivity index (χ1v) is 13.4. The molecule has 0 aliphatic heterocycles. The van der Waals surface area contributed by atoms with Crippen LogP contribution in [0.1, 0.15) is 22.8 Å². The van der Waals surface area contributed by atoms with Gasteiger partial charge in [-0.1, -0.05) is 47.5 Å². The molecule has 4 aromatic rings. The highest BCUT2D eigenvalue weighted by atomic mass is 35.5. The molecule has 9 nitrogen and oxygen atoms in total. The number of aryl methyl sites for hydroxylation is 1. The topological polar surface area (TPSA) is 138 Å². The summed E-state index contributed by atoms with van der Waals surface area (Å²) in [5.41, 5.74) is 0.206. The van der Waals surface area contributed by atoms with Gasteiger partial charge in [-0.2, -0.15) is 8.42 Å². The molecule has 0 saturated carbocycles. The number of aromatic hydroxyl groups is 1. The number of nitrogens with zero attached hydrogens (tertiary/aromatic N) is 2. The zero-order chi connectivity index (χ0) is 27.6. The molecular weight excluding hydrogens is 553 g/mol. The maximum Gasteiger partial charge on any atom is 0.296 e. The van der Waals surface area contributed by atoms with Crippen molar-refractivity contribution in [1.82, 2.24) is 0 Å². The highest BCUT2D eigenvalue weighted by molar-refractivity contribution is 7.86. The Morgan fingerprint density at radius 1 is 1.00 bits per heavy atom. The quantitative estimate of drug-likeness (QED) is 0.155. The Bertz CT molecular complexity index is 1710. The van der Waals surface area contributed by atoms with E-state index >= 15 is 0 Å². The molecule has 0 bridgehead atoms. The Morgan fingerprint density at radius 2 is 1.71 bits per heavy atom. The number of ether oxygens (including phenoxy) is 1. The minimum absolute atomic E-state index is 0.0794. The number of azo groups is 1. The summed E-state index contributed by atoms with van der Waals surface area (Å²) in [6.07, 6.45) is 0. The van der Waals surface area contributed by atoms with Crippen molar-refractivity contribution >= 4 is 67.1 Å². The van der Waals surface area contributed by atoms with E-state index in [1.807, 2.05) is 6.92 Å². The van der Waals surface area contributed by atoms with Gasteiger partial charge >= 0.3 is 0 Å². The number of benzene rings is 4. The first-order chi connectivity index (χ1) is 18.0. The number of carbonyl (C=O) groups excluding carboxylic acids is 1. The van der Waals surface area contributed by atoms with E-state index in [2.05, 4.69) is 15.5 Å². The molecule has 0 aliphatic carbocycles. The fourth-order valence-electron chi connectivity index (χ4n) is 3.73. The summed E-state index contributed by atoms with van der Waals surface area (Å²) in [5.74, 6) is -0.655. The second-order valence-corrected chi connectivity index (χ2v) is 10.3. The minimum Gasteiger partial charge on any atom is -0.505 e. The predicted molar refractivity (Wildman–Crippen MR) is 146 cm³/mol. The van der Waals surface area contributed by atoms with Crippen LogP contribution in [0.3, 0.4) is 0 Å². The van der Waals surface area contributed by atoms with Gasteiger partial charge in [0.05, 0.1) is 27.9 Å². The fourth-order valence-corrected chi connectivity index (χ4v) is 5.05. The number of amides is 1. The van der Waals surface area contributed by atoms with Crippen LogP contribution in [0.4, 0.5) is 17.1 Å². The number of phenolic OH excluding ortho intramolecular Hbond substituents is 1. The number of nitrogens with one attached hydrogen (secondary N) is 1. The lowest BCUT2D eigenvalue weighted by atomic mass is 10.0. The van der Waals surface area contributed by atoms with Crippen molar-refractivity contribution < 1.29 is 27.6 Å². The number of fused-ring (bicyclic) bond motifs is 1. The van der Waals surface area contributed by atoms with E-state index in [0.717, 1.165) is 0 Å². The Labute approximate surface area is 228 Å². The first-order valence-electron chi connectivity index (χ1n) is 11.2. The van der Waals surface area contributed by atoms with Gasteiger partial charge in [0.25, 0.3) is 16.0 Å². The average molecular weight is 574 g/mol. The van der Waals surface area contributed by atoms with Crippen molar-refractivity contribution in [3.05, 3.63) is 81.8 Å². The molecule has 0 unspecified atom stereocenters. The number of phenols is 1. The fraction of sp³-hybridized carbons (Fsp3) is 0.115. The first kappa shape index (κ1) is 27.3. The van der Waals surface area contributed by atoms with E-state index < -0.39 is 26.7 Å². The van der Waals surface area contributed by atoms with Crippen LogP contribution < -0.4 is 10.1 Å². The molecule has 12 heteroatoms. The molecule has 0 atom stereocenters. The third kappa shape index (κ3) is 5.73. The largest absolute Gasteiger partial charge is 0.505 e. The molecule has 3 N–H and O–H groups in total. The molecule has 0 fully saturated rings. The maximum atomic E-state index is 13.2. The number of halogens is 2.